The van der Waals surface area contributed by atoms with Crippen LogP contribution in [-0.2, 0) is 139 Å². The number of hydrogen-bond acceptors (Lipinski definition) is 24. The van der Waals surface area contributed by atoms with E-state index in [1.54, 1.807) is 25.7 Å². The number of rotatable bonds is 54. The Morgan fingerprint density at radius 2 is 1.07 bits per heavy atom. The maximum absolute atomic E-state index is 15.0. The summed E-state index contributed by atoms with van der Waals surface area (Å²) >= 11 is 0. The van der Waals surface area contributed by atoms with Crippen LogP contribution in [0.1, 0.15) is 227 Å². The number of ether oxygens (including phenoxy) is 9. The van der Waals surface area contributed by atoms with Gasteiger partial charge in [-0.05, 0) is 196 Å². The van der Waals surface area contributed by atoms with E-state index in [0.29, 0.717) is 140 Å². The number of quaternary nitrogens is 1. The lowest BCUT2D eigenvalue weighted by atomic mass is 9.49. The molecule has 10 atom stereocenters. The second-order valence-electron chi connectivity index (χ2n) is 40.4. The van der Waals surface area contributed by atoms with E-state index in [4.69, 9.17) is 58.3 Å². The molecule has 1 unspecified atom stereocenters. The summed E-state index contributed by atoms with van der Waals surface area (Å²) in [4.78, 5) is 149. The highest BCUT2D eigenvalue weighted by atomic mass is 19.4. The van der Waals surface area contributed by atoms with Gasteiger partial charge in [0.05, 0.1) is 175 Å². The molecule has 0 bridgehead atoms. The van der Waals surface area contributed by atoms with Crippen molar-refractivity contribution in [3.63, 3.8) is 0 Å². The van der Waals surface area contributed by atoms with Crippen molar-refractivity contribution in [1.82, 2.24) is 52.2 Å². The number of fused-ring (bicyclic) bond motifs is 9. The molecule has 5 aliphatic carbocycles. The molecule has 0 saturated heterocycles. The number of para-hydroxylation sites is 1. The number of nitrogens with one attached hydrogen (secondary N) is 8. The molecule has 10 amide bonds. The van der Waals surface area contributed by atoms with Crippen LogP contribution in [0, 0.1) is 40.4 Å². The number of anilines is 3. The van der Waals surface area contributed by atoms with Crippen LogP contribution in [0.4, 0.5) is 30.2 Å². The maximum atomic E-state index is 15.0. The number of likely N-dealkylation sites (N-methyl/N-ethyl adjacent to an activating group) is 1. The average molecular weight is 2010 g/mol. The molecule has 10 N–H and O–H groups in total. The van der Waals surface area contributed by atoms with Gasteiger partial charge in [-0.25, -0.2) is 4.68 Å². The summed E-state index contributed by atoms with van der Waals surface area (Å²) in [7, 11) is 6.24. The fourth-order valence-corrected chi connectivity index (χ4v) is 20.5. The van der Waals surface area contributed by atoms with Crippen LogP contribution in [0.25, 0.3) is 0 Å². The first-order chi connectivity index (χ1) is 68.8. The molecule has 2 saturated carbocycles. The molecule has 2 fully saturated rings. The summed E-state index contributed by atoms with van der Waals surface area (Å²) in [6, 6.07) is 24.0. The minimum Gasteiger partial charge on any atom is -0.542 e. The summed E-state index contributed by atoms with van der Waals surface area (Å²) in [5.74, 6) is -0.582. The van der Waals surface area contributed by atoms with Gasteiger partial charge in [0.1, 0.15) is 42.5 Å². The monoisotopic (exact) mass is 2010 g/mol. The molecular formula is C106H151F3N14O21. The first-order valence-electron chi connectivity index (χ1n) is 50.9. The van der Waals surface area contributed by atoms with Gasteiger partial charge < -0.3 is 105 Å². The number of carboxylic acid groups (broad SMARTS) is 1. The number of unbranched alkanes of at least 4 members (excludes halogenated alkanes) is 1. The summed E-state index contributed by atoms with van der Waals surface area (Å²) < 4.78 is 85.9. The van der Waals surface area contributed by atoms with Crippen LogP contribution < -0.4 is 58.3 Å². The minimum absolute atomic E-state index is 0.00766. The van der Waals surface area contributed by atoms with Gasteiger partial charge in [0.25, 0.3) is 0 Å². The van der Waals surface area contributed by atoms with Crippen molar-refractivity contribution in [3.05, 3.63) is 135 Å². The Hall–Kier alpha value is -10.9. The third-order valence-electron chi connectivity index (χ3n) is 28.4. The summed E-state index contributed by atoms with van der Waals surface area (Å²) in [6.07, 6.45) is 7.61. The summed E-state index contributed by atoms with van der Waals surface area (Å²) in [6.45, 7) is 21.1. The molecule has 5 aromatic rings. The first kappa shape index (κ1) is 115. The van der Waals surface area contributed by atoms with Crippen LogP contribution in [0.5, 0.6) is 0 Å². The number of amides is 10. The summed E-state index contributed by atoms with van der Waals surface area (Å²) in [5.41, 5.74) is 14.8. The Balaban J connectivity index is 0.00000293. The molecule has 792 valence electrons. The van der Waals surface area contributed by atoms with Crippen molar-refractivity contribution < 1.29 is 118 Å². The standard InChI is InChI=1S/C104H150N14O19.C2HF3O2/c1-72(2)94(98(126)109-73(3)96(124)110-80-36-32-76-34-38-88-102(5,82(76)69-80)44-21-46-104(88,7)100(128)113-99(127)103(6)45-20-43-101(4)81-68-79(105)35-31-75(81)33-37-87(101)103)112-97(125)83(111-91(121)42-53-130-57-61-134-64-66-135-62-58-131-54-49-108-89(119)39-40-93(123)116-70-78-24-15-14-22-74(78)29-30-77-23-16-17-26-84(77)116)25-18-19-47-106-92(122)71-137-86-28-13-11-12-27-85-95(86)114-115-117(85)50-55-132-59-63-136-67-65-133-60-56-129-52-41-90(120)107-48-51-118(8,9)10;3-2(4,5)1(6)7/h14-17,22-24,26,31-32,35-36,68-69,72-73,83,86-88,94H,11-13,18-21,25,27-28,33-34,37-67,70-71,105H2,1-10H3,(H7-,106,107,108,109,110,111,112,113,119,120,121,122,124,125,126,127,128);(H,6,7)/t73-,83+,86?,87+,88+,94-,101+,102+,103-,104-;/m0./s1. The van der Waals surface area contributed by atoms with Gasteiger partial charge in [-0.3, -0.25) is 53.3 Å². The molecule has 2 heterocycles. The number of carboxylic acids is 1. The van der Waals surface area contributed by atoms with Crippen molar-refractivity contribution in [2.45, 2.75) is 244 Å². The highest BCUT2D eigenvalue weighted by Crippen LogP contribution is 2.60. The lowest BCUT2D eigenvalue weighted by Gasteiger charge is -2.56. The van der Waals surface area contributed by atoms with Crippen LogP contribution in [-0.4, -0.2) is 268 Å². The molecule has 144 heavy (non-hydrogen) atoms. The molecule has 35 nitrogen and oxygen atoms in total. The number of hydrogen-bond donors (Lipinski definition) is 9. The SMILES string of the molecule is CC(C)[C@H](NC(=O)[C@@H](CCCCNC(=O)COC1CCCCCc2c1nnn2CCOCCOCCOCCOCCC(=O)NCC[N+](C)(C)C)NC(=O)CCOCCOCCOCCOCCNC(=O)CCC(=O)N1Cc2ccccc2C#Cc2ccccc21)C(=O)N[C@@H](C)C(=O)Nc1ccc2c(c1)[C@@]1(C)CCC[C@](C)(C(=O)NC(=O)[C@@]3(C)CCC[C@]4(C)c5cc(N)ccc5CC[C@@H]34)[C@@H]1CC2.O=C([O-])C(F)(F)F. The number of nitrogens with two attached hydrogens (primary N) is 1. The number of imide groups is 1. The zero-order chi connectivity index (χ0) is 104. The van der Waals surface area contributed by atoms with Crippen LogP contribution in [0.15, 0.2) is 84.9 Å². The van der Waals surface area contributed by atoms with Crippen molar-refractivity contribution in [2.75, 3.05) is 176 Å². The molecule has 0 radical (unpaired) electrons. The number of benzene rings is 4. The second-order valence-corrected chi connectivity index (χ2v) is 40.4. The topological polar surface area (TPSA) is 450 Å². The predicted octanol–water partition coefficient (Wildman–Crippen LogP) is 8.33. The molecule has 1 aromatic heterocycles. The van der Waals surface area contributed by atoms with E-state index in [-0.39, 0.29) is 151 Å². The Bertz CT molecular complexity index is 5180. The highest BCUT2D eigenvalue weighted by molar-refractivity contribution is 6.02. The van der Waals surface area contributed by atoms with Gasteiger partial charge >= 0.3 is 6.18 Å². The predicted molar refractivity (Wildman–Crippen MR) is 530 cm³/mol. The molecule has 38 heteroatoms. The van der Waals surface area contributed by atoms with Crippen molar-refractivity contribution >= 4 is 82.1 Å². The van der Waals surface area contributed by atoms with Crippen molar-refractivity contribution in [2.24, 2.45) is 28.6 Å². The molecule has 6 aliphatic rings. The number of halogens is 3. The van der Waals surface area contributed by atoms with Gasteiger partial charge in [0.15, 0.2) is 0 Å². The molecule has 4 aromatic carbocycles. The smallest absolute Gasteiger partial charge is 0.430 e. The molecule has 11 rings (SSSR count). The van der Waals surface area contributed by atoms with Crippen LogP contribution in [0.3, 0.4) is 0 Å². The number of carbonyl (C=O) groups excluding carboxylic acids is 11. The zero-order valence-corrected chi connectivity index (χ0v) is 85.5. The Morgan fingerprint density at radius 3 is 1.67 bits per heavy atom. The number of aliphatic carboxylic acids is 1. The largest absolute Gasteiger partial charge is 0.542 e. The van der Waals surface area contributed by atoms with Gasteiger partial charge in [-0.2, -0.15) is 13.2 Å². The number of carbonyl (C=O) groups is 11. The molecular weight excluding hydrogens is 1860 g/mol. The van der Waals surface area contributed by atoms with E-state index in [2.05, 4.69) is 119 Å². The average Bonchev–Trinajstić information content (AvgIpc) is 0.833. The Labute approximate surface area is 843 Å². The fraction of sp³-hybridized carbons (Fsp3) is 0.632. The number of nitrogen functional groups attached to an aromatic ring is 1. The Kier molecular flexibility index (Phi) is 44.9. The van der Waals surface area contributed by atoms with E-state index >= 15 is 4.79 Å². The van der Waals surface area contributed by atoms with E-state index in [9.17, 15) is 56.3 Å². The van der Waals surface area contributed by atoms with E-state index < -0.39 is 82.2 Å². The Morgan fingerprint density at radius 1 is 0.535 bits per heavy atom. The lowest BCUT2D eigenvalue weighted by molar-refractivity contribution is -0.869. The highest BCUT2D eigenvalue weighted by Gasteiger charge is 2.59. The van der Waals surface area contributed by atoms with Crippen LogP contribution in [0.2, 0.25) is 0 Å². The van der Waals surface area contributed by atoms with Crippen molar-refractivity contribution in [3.8, 4) is 11.8 Å². The van der Waals surface area contributed by atoms with E-state index in [0.717, 1.165) is 115 Å². The van der Waals surface area contributed by atoms with E-state index in [1.807, 2.05) is 84.4 Å². The van der Waals surface area contributed by atoms with Gasteiger partial charge in [0, 0.05) is 61.3 Å². The van der Waals surface area contributed by atoms with Crippen LogP contribution >= 0.6 is 0 Å². The third kappa shape index (κ3) is 34.1. The molecule has 0 spiro atoms. The quantitative estimate of drug-likeness (QED) is 0.00580. The lowest BCUT2D eigenvalue weighted by Crippen LogP contribution is -2.60. The number of nitrogens with zero attached hydrogens (tertiary/aromatic N) is 5. The fourth-order valence-electron chi connectivity index (χ4n) is 20.5. The normalized spacial score (nSPS) is 20.5. The van der Waals surface area contributed by atoms with E-state index in [1.165, 1.54) is 11.1 Å². The third-order valence-corrected chi connectivity index (χ3v) is 28.4. The van der Waals surface area contributed by atoms with Gasteiger partial charge in [0.2, 0.25) is 59.1 Å². The maximum Gasteiger partial charge on any atom is 0.430 e. The summed E-state index contributed by atoms with van der Waals surface area (Å²) in [5, 5.41) is 41.2. The second kappa shape index (κ2) is 56.2. The molecule has 1 aliphatic heterocycles. The zero-order valence-electron chi connectivity index (χ0n) is 85.5. The first-order valence-corrected chi connectivity index (χ1v) is 50.9. The van der Waals surface area contributed by atoms with Gasteiger partial charge in [-0.1, -0.05) is 127 Å². The number of aromatic nitrogens is 3. The van der Waals surface area contributed by atoms with Crippen molar-refractivity contribution in [1.29, 1.82) is 0 Å². The van der Waals surface area contributed by atoms with Gasteiger partial charge in [-0.15, -0.1) is 5.10 Å². The number of aryl methyl sites for hydroxylation is 2. The number of alkyl halides is 3. The minimum atomic E-state index is -5.19.